The van der Waals surface area contributed by atoms with Gasteiger partial charge in [-0.25, -0.2) is 4.79 Å². The van der Waals surface area contributed by atoms with E-state index >= 15 is 0 Å². The van der Waals surface area contributed by atoms with Crippen molar-refractivity contribution in [2.24, 2.45) is 0 Å². The van der Waals surface area contributed by atoms with Crippen LogP contribution >= 0.6 is 0 Å². The van der Waals surface area contributed by atoms with Crippen molar-refractivity contribution in [1.29, 1.82) is 0 Å². The number of methoxy groups -OCH3 is 2. The fraction of sp³-hybridized carbons (Fsp3) is 0.909. The summed E-state index contributed by atoms with van der Waals surface area (Å²) in [5.41, 5.74) is 0. The lowest BCUT2D eigenvalue weighted by Crippen LogP contribution is -2.23. The molecule has 0 N–H and O–H groups in total. The van der Waals surface area contributed by atoms with Gasteiger partial charge in [0, 0.05) is 14.2 Å². The molecule has 0 saturated heterocycles. The average Bonchev–Trinajstić information content (AvgIpc) is 2.28. The molecular formula is C11H22O6. The van der Waals surface area contributed by atoms with E-state index in [-0.39, 0.29) is 12.7 Å². The van der Waals surface area contributed by atoms with E-state index < -0.39 is 5.97 Å². The largest absolute Gasteiger partial charge is 0.459 e. The minimum atomic E-state index is -0.397. The summed E-state index contributed by atoms with van der Waals surface area (Å²) >= 11 is 0. The van der Waals surface area contributed by atoms with Crippen molar-refractivity contribution in [3.63, 3.8) is 0 Å². The van der Waals surface area contributed by atoms with Gasteiger partial charge in [0.1, 0.15) is 12.7 Å². The highest BCUT2D eigenvalue weighted by molar-refractivity contribution is 5.70. The van der Waals surface area contributed by atoms with E-state index in [1.807, 2.05) is 0 Å². The highest BCUT2D eigenvalue weighted by atomic mass is 16.6. The maximum absolute atomic E-state index is 11.2. The Balaban J connectivity index is 3.27. The molecule has 0 aromatic rings. The Morgan fingerprint density at radius 1 is 1.00 bits per heavy atom. The van der Waals surface area contributed by atoms with Gasteiger partial charge in [0.15, 0.2) is 0 Å². The van der Waals surface area contributed by atoms with Crippen LogP contribution in [-0.2, 0) is 28.5 Å². The Labute approximate surface area is 102 Å². The van der Waals surface area contributed by atoms with Gasteiger partial charge in [-0.1, -0.05) is 0 Å². The van der Waals surface area contributed by atoms with Crippen molar-refractivity contribution in [2.75, 3.05) is 53.9 Å². The third kappa shape index (κ3) is 11.6. The number of hydrogen-bond acceptors (Lipinski definition) is 6. The zero-order chi connectivity index (χ0) is 12.9. The molecule has 0 bridgehead atoms. The molecule has 0 aliphatic rings. The number of ether oxygens (including phenoxy) is 5. The molecule has 0 rings (SSSR count). The van der Waals surface area contributed by atoms with Crippen LogP contribution in [-0.4, -0.2) is 65.9 Å². The summed E-state index contributed by atoms with van der Waals surface area (Å²) < 4.78 is 24.8. The van der Waals surface area contributed by atoms with Gasteiger partial charge in [-0.05, 0) is 6.92 Å². The second-order valence-corrected chi connectivity index (χ2v) is 3.41. The Bertz CT molecular complexity index is 185. The molecule has 1 atom stereocenters. The van der Waals surface area contributed by atoms with Crippen LogP contribution in [0.4, 0.5) is 0 Å². The molecule has 0 spiro atoms. The average molecular weight is 250 g/mol. The molecule has 0 aliphatic carbocycles. The second-order valence-electron chi connectivity index (χ2n) is 3.41. The van der Waals surface area contributed by atoms with E-state index in [2.05, 4.69) is 0 Å². The Hall–Kier alpha value is -0.690. The molecule has 0 radical (unpaired) electrons. The minimum absolute atomic E-state index is 0.0678. The molecule has 0 heterocycles. The van der Waals surface area contributed by atoms with Gasteiger partial charge in [-0.3, -0.25) is 0 Å². The van der Waals surface area contributed by atoms with Gasteiger partial charge < -0.3 is 23.7 Å². The Kier molecular flexibility index (Phi) is 11.3. The van der Waals surface area contributed by atoms with Crippen molar-refractivity contribution in [3.05, 3.63) is 0 Å². The monoisotopic (exact) mass is 250 g/mol. The smallest absolute Gasteiger partial charge is 0.332 e. The number of hydrogen-bond donors (Lipinski definition) is 0. The maximum Gasteiger partial charge on any atom is 0.332 e. The fourth-order valence-electron chi connectivity index (χ4n) is 1.04. The molecule has 1 unspecified atom stereocenters. The van der Waals surface area contributed by atoms with Gasteiger partial charge in [0.25, 0.3) is 0 Å². The Morgan fingerprint density at radius 2 is 1.65 bits per heavy atom. The highest BCUT2D eigenvalue weighted by Gasteiger charge is 2.08. The molecule has 17 heavy (non-hydrogen) atoms. The quantitative estimate of drug-likeness (QED) is 0.387. The summed E-state index contributed by atoms with van der Waals surface area (Å²) in [5, 5.41) is 0. The number of rotatable bonds is 11. The molecule has 102 valence electrons. The van der Waals surface area contributed by atoms with Gasteiger partial charge in [0.2, 0.25) is 0 Å². The highest BCUT2D eigenvalue weighted by Crippen LogP contribution is 1.92. The topological polar surface area (TPSA) is 63.2 Å². The zero-order valence-corrected chi connectivity index (χ0v) is 10.8. The third-order valence-electron chi connectivity index (χ3n) is 1.76. The summed E-state index contributed by atoms with van der Waals surface area (Å²) in [7, 11) is 3.16. The van der Waals surface area contributed by atoms with E-state index in [1.165, 1.54) is 0 Å². The first-order valence-electron chi connectivity index (χ1n) is 5.53. The van der Waals surface area contributed by atoms with Crippen LogP contribution in [0, 0.1) is 0 Å². The van der Waals surface area contributed by atoms with Crippen LogP contribution in [0.3, 0.4) is 0 Å². The number of carbonyl (C=O) groups is 1. The van der Waals surface area contributed by atoms with Gasteiger partial charge in [0.05, 0.1) is 33.0 Å². The van der Waals surface area contributed by atoms with E-state index in [1.54, 1.807) is 21.1 Å². The minimum Gasteiger partial charge on any atom is -0.459 e. The van der Waals surface area contributed by atoms with Crippen LogP contribution < -0.4 is 0 Å². The molecule has 6 nitrogen and oxygen atoms in total. The molecular weight excluding hydrogens is 228 g/mol. The first-order chi connectivity index (χ1) is 8.20. The van der Waals surface area contributed by atoms with Crippen LogP contribution in [0.5, 0.6) is 0 Å². The predicted molar refractivity (Wildman–Crippen MR) is 60.9 cm³/mol. The van der Waals surface area contributed by atoms with E-state index in [0.717, 1.165) is 0 Å². The van der Waals surface area contributed by atoms with Crippen LogP contribution in [0.2, 0.25) is 0 Å². The zero-order valence-electron chi connectivity index (χ0n) is 10.8. The van der Waals surface area contributed by atoms with Gasteiger partial charge in [-0.15, -0.1) is 0 Å². The van der Waals surface area contributed by atoms with Crippen molar-refractivity contribution in [1.82, 2.24) is 0 Å². The summed E-state index contributed by atoms with van der Waals surface area (Å²) in [6.07, 6.45) is -0.256. The summed E-state index contributed by atoms with van der Waals surface area (Å²) in [4.78, 5) is 11.2. The van der Waals surface area contributed by atoms with Crippen molar-refractivity contribution in [3.8, 4) is 0 Å². The molecule has 0 amide bonds. The number of carbonyl (C=O) groups excluding carboxylic acids is 1. The Morgan fingerprint density at radius 3 is 2.29 bits per heavy atom. The van der Waals surface area contributed by atoms with E-state index in [9.17, 15) is 4.79 Å². The van der Waals surface area contributed by atoms with Gasteiger partial charge >= 0.3 is 5.97 Å². The maximum atomic E-state index is 11.2. The standard InChI is InChI=1S/C11H22O6/c1-10(8-14-3)17-11(12)9-16-7-6-15-5-4-13-2/h10H,4-9H2,1-3H3. The van der Waals surface area contributed by atoms with Crippen molar-refractivity contribution < 1.29 is 28.5 Å². The van der Waals surface area contributed by atoms with Gasteiger partial charge in [-0.2, -0.15) is 0 Å². The first-order valence-corrected chi connectivity index (χ1v) is 5.53. The lowest BCUT2D eigenvalue weighted by atomic mass is 10.4. The third-order valence-corrected chi connectivity index (χ3v) is 1.76. The lowest BCUT2D eigenvalue weighted by molar-refractivity contribution is -0.156. The van der Waals surface area contributed by atoms with Crippen molar-refractivity contribution >= 4 is 5.97 Å². The predicted octanol–water partition coefficient (Wildman–Crippen LogP) is 0.244. The molecule has 0 fully saturated rings. The summed E-state index contributed by atoms with van der Waals surface area (Å²) in [6, 6.07) is 0. The molecule has 0 aromatic heterocycles. The van der Waals surface area contributed by atoms with Crippen LogP contribution in [0.15, 0.2) is 0 Å². The second kappa shape index (κ2) is 11.8. The summed E-state index contributed by atoms with van der Waals surface area (Å²) in [5.74, 6) is -0.397. The SMILES string of the molecule is COCCOCCOCC(=O)OC(C)COC. The summed E-state index contributed by atoms with van der Waals surface area (Å²) in [6.45, 7) is 3.94. The molecule has 0 saturated carbocycles. The number of esters is 1. The van der Waals surface area contributed by atoms with E-state index in [0.29, 0.717) is 33.0 Å². The fourth-order valence-corrected chi connectivity index (χ4v) is 1.04. The van der Waals surface area contributed by atoms with Crippen molar-refractivity contribution in [2.45, 2.75) is 13.0 Å². The normalized spacial score (nSPS) is 12.4. The van der Waals surface area contributed by atoms with Crippen LogP contribution in [0.25, 0.3) is 0 Å². The molecule has 0 aliphatic heterocycles. The molecule has 0 aromatic carbocycles. The lowest BCUT2D eigenvalue weighted by Gasteiger charge is -2.12. The first kappa shape index (κ1) is 16.3. The molecule has 6 heteroatoms. The van der Waals surface area contributed by atoms with Crippen LogP contribution in [0.1, 0.15) is 6.92 Å². The van der Waals surface area contributed by atoms with E-state index in [4.69, 9.17) is 23.7 Å².